The van der Waals surface area contributed by atoms with E-state index < -0.39 is 35.4 Å². The Hall–Kier alpha value is -1.68. The van der Waals surface area contributed by atoms with Crippen molar-refractivity contribution >= 4 is 5.97 Å². The summed E-state index contributed by atoms with van der Waals surface area (Å²) in [5, 5.41) is 0. The van der Waals surface area contributed by atoms with Gasteiger partial charge in [0.2, 0.25) is 5.79 Å². The second-order valence-corrected chi connectivity index (χ2v) is 10.4. The van der Waals surface area contributed by atoms with Gasteiger partial charge >= 0.3 is 12.1 Å². The predicted octanol–water partition coefficient (Wildman–Crippen LogP) is 5.50. The lowest BCUT2D eigenvalue weighted by atomic mass is 9.57. The molecule has 6 nitrogen and oxygen atoms in total. The highest BCUT2D eigenvalue weighted by atomic mass is 19.4. The number of fused-ring (bicyclic) bond motifs is 2. The molecule has 4 aliphatic heterocycles. The summed E-state index contributed by atoms with van der Waals surface area (Å²) < 4.78 is 56.9. The third-order valence-corrected chi connectivity index (χ3v) is 8.36. The zero-order valence-corrected chi connectivity index (χ0v) is 19.6. The highest BCUT2D eigenvalue weighted by Gasteiger charge is 2.69. The van der Waals surface area contributed by atoms with E-state index in [0.29, 0.717) is 12.3 Å². The average molecular weight is 485 g/mol. The smallest absolute Gasteiger partial charge is 0.416 e. The molecule has 4 saturated heterocycles. The van der Waals surface area contributed by atoms with Crippen LogP contribution in [0.15, 0.2) is 24.3 Å². The summed E-state index contributed by atoms with van der Waals surface area (Å²) in [6, 6.07) is 4.25. The maximum absolute atomic E-state index is 13.0. The van der Waals surface area contributed by atoms with Crippen molar-refractivity contribution < 1.29 is 42.0 Å². The molecule has 188 valence electrons. The van der Waals surface area contributed by atoms with E-state index in [1.807, 2.05) is 6.92 Å². The minimum Gasteiger partial charge on any atom is -0.462 e. The number of hydrogen-bond donors (Lipinski definition) is 0. The Balaban J connectivity index is 1.27. The molecule has 0 amide bonds. The molecule has 0 aromatic heterocycles. The average Bonchev–Trinajstić information content (AvgIpc) is 3.02. The lowest BCUT2D eigenvalue weighted by Gasteiger charge is -2.60. The molecule has 0 unspecified atom stereocenters. The monoisotopic (exact) mass is 484 g/mol. The highest BCUT2D eigenvalue weighted by molar-refractivity contribution is 5.89. The Labute approximate surface area is 196 Å². The molecule has 8 atom stereocenters. The van der Waals surface area contributed by atoms with Crippen LogP contribution in [-0.2, 0) is 30.2 Å². The van der Waals surface area contributed by atoms with Gasteiger partial charge in [0, 0.05) is 18.8 Å². The van der Waals surface area contributed by atoms with E-state index >= 15 is 0 Å². The molecule has 4 heterocycles. The molecule has 5 fully saturated rings. The zero-order chi connectivity index (χ0) is 24.3. The number of carbonyl (C=O) groups excluding carboxylic acids is 1. The van der Waals surface area contributed by atoms with Crippen molar-refractivity contribution in [3.8, 4) is 0 Å². The molecule has 1 aromatic carbocycles. The Morgan fingerprint density at radius 2 is 1.94 bits per heavy atom. The molecule has 1 spiro atoms. The van der Waals surface area contributed by atoms with Crippen LogP contribution in [0.3, 0.4) is 0 Å². The molecule has 9 heteroatoms. The van der Waals surface area contributed by atoms with Crippen LogP contribution in [0.5, 0.6) is 0 Å². The van der Waals surface area contributed by atoms with Crippen molar-refractivity contribution in [1.29, 1.82) is 0 Å². The normalized spacial score (nSPS) is 41.5. The second-order valence-electron chi connectivity index (χ2n) is 10.4. The number of hydrogen-bond acceptors (Lipinski definition) is 6. The van der Waals surface area contributed by atoms with Crippen molar-refractivity contribution in [3.05, 3.63) is 35.4 Å². The van der Waals surface area contributed by atoms with Crippen LogP contribution in [-0.4, -0.2) is 36.4 Å². The van der Waals surface area contributed by atoms with Crippen LogP contribution < -0.4 is 0 Å². The maximum Gasteiger partial charge on any atom is 0.416 e. The van der Waals surface area contributed by atoms with Gasteiger partial charge in [0.25, 0.3) is 0 Å². The Bertz CT molecular complexity index is 937. The van der Waals surface area contributed by atoms with Crippen molar-refractivity contribution in [2.45, 2.75) is 82.8 Å². The van der Waals surface area contributed by atoms with Crippen molar-refractivity contribution in [2.75, 3.05) is 6.61 Å². The van der Waals surface area contributed by atoms with Gasteiger partial charge in [-0.2, -0.15) is 13.2 Å². The number of benzene rings is 1. The third-order valence-electron chi connectivity index (χ3n) is 8.36. The number of esters is 1. The number of rotatable bonds is 4. The van der Waals surface area contributed by atoms with Crippen molar-refractivity contribution in [1.82, 2.24) is 0 Å². The van der Waals surface area contributed by atoms with E-state index in [1.54, 1.807) is 0 Å². The molecule has 0 radical (unpaired) electrons. The van der Waals surface area contributed by atoms with Gasteiger partial charge in [0.15, 0.2) is 11.9 Å². The highest BCUT2D eigenvalue weighted by Crippen LogP contribution is 2.60. The second kappa shape index (κ2) is 8.47. The predicted molar refractivity (Wildman–Crippen MR) is 113 cm³/mol. The summed E-state index contributed by atoms with van der Waals surface area (Å²) in [6.45, 7) is 6.26. The summed E-state index contributed by atoms with van der Waals surface area (Å²) in [6.07, 6.45) is -1.20. The first-order chi connectivity index (χ1) is 16.0. The molecule has 2 bridgehead atoms. The van der Waals surface area contributed by atoms with E-state index in [1.165, 1.54) is 12.1 Å². The molecule has 6 rings (SSSR count). The van der Waals surface area contributed by atoms with Gasteiger partial charge in [-0.25, -0.2) is 14.6 Å². The molecular weight excluding hydrogens is 453 g/mol. The van der Waals surface area contributed by atoms with Crippen LogP contribution in [0.25, 0.3) is 0 Å². The fourth-order valence-corrected chi connectivity index (χ4v) is 6.48. The quantitative estimate of drug-likeness (QED) is 0.415. The van der Waals surface area contributed by atoms with Crippen LogP contribution in [0.2, 0.25) is 0 Å². The SMILES string of the molecule is C[C@H]1[C@@H](CCOC(=O)c2cccc(C(F)(F)F)c2)O[C@@H]2O[C@]3(C)CC[C@H]4[C@H](C)CC[C@@H]1[C@@]24OO3. The standard InChI is InChI=1S/C25H31F3O6/c1-14-7-8-19-15(2)20(31-22-24(19)18(14)9-11-23(3,32-22)33-34-24)10-12-30-21(29)16-5-4-6-17(13-16)25(26,27)28/h4-6,13-15,18-20,22H,7-12H2,1-3H3/t14-,15-,18+,19+,20-,22-,23+,24-/m1/s1. The third kappa shape index (κ3) is 3.94. The van der Waals surface area contributed by atoms with Gasteiger partial charge in [-0.15, -0.1) is 0 Å². The number of ether oxygens (including phenoxy) is 3. The summed E-state index contributed by atoms with van der Waals surface area (Å²) in [5.74, 6) is -0.646. The minimum absolute atomic E-state index is 0.0327. The summed E-state index contributed by atoms with van der Waals surface area (Å²) in [4.78, 5) is 24.3. The number of carbonyl (C=O) groups is 1. The van der Waals surface area contributed by atoms with Gasteiger partial charge in [-0.1, -0.05) is 19.9 Å². The van der Waals surface area contributed by atoms with Crippen LogP contribution in [0.1, 0.15) is 68.8 Å². The lowest BCUT2D eigenvalue weighted by molar-refractivity contribution is -0.571. The molecule has 1 saturated carbocycles. The van der Waals surface area contributed by atoms with E-state index in [0.717, 1.165) is 37.8 Å². The maximum atomic E-state index is 13.0. The summed E-state index contributed by atoms with van der Waals surface area (Å²) >= 11 is 0. The Morgan fingerprint density at radius 3 is 2.71 bits per heavy atom. The summed E-state index contributed by atoms with van der Waals surface area (Å²) in [5.41, 5.74) is -1.66. The Morgan fingerprint density at radius 1 is 1.15 bits per heavy atom. The van der Waals surface area contributed by atoms with E-state index in [2.05, 4.69) is 13.8 Å². The van der Waals surface area contributed by atoms with Gasteiger partial charge < -0.3 is 14.2 Å². The van der Waals surface area contributed by atoms with E-state index in [9.17, 15) is 18.0 Å². The molecule has 5 aliphatic rings. The van der Waals surface area contributed by atoms with Crippen LogP contribution >= 0.6 is 0 Å². The molecule has 1 aromatic rings. The number of alkyl halides is 3. The van der Waals surface area contributed by atoms with E-state index in [4.69, 9.17) is 24.0 Å². The molecule has 34 heavy (non-hydrogen) atoms. The first kappa shape index (κ1) is 24.0. The molecular formula is C25H31F3O6. The fourth-order valence-electron chi connectivity index (χ4n) is 6.48. The first-order valence-corrected chi connectivity index (χ1v) is 12.1. The van der Waals surface area contributed by atoms with Gasteiger partial charge in [0.1, 0.15) is 0 Å². The summed E-state index contributed by atoms with van der Waals surface area (Å²) in [7, 11) is 0. The number of halogens is 3. The van der Waals surface area contributed by atoms with Crippen LogP contribution in [0, 0.1) is 23.7 Å². The van der Waals surface area contributed by atoms with Crippen LogP contribution in [0.4, 0.5) is 13.2 Å². The van der Waals surface area contributed by atoms with Gasteiger partial charge in [0.05, 0.1) is 23.8 Å². The fraction of sp³-hybridized carbons (Fsp3) is 0.720. The topological polar surface area (TPSA) is 63.2 Å². The van der Waals surface area contributed by atoms with Crippen molar-refractivity contribution in [3.63, 3.8) is 0 Å². The van der Waals surface area contributed by atoms with Gasteiger partial charge in [-0.3, -0.25) is 0 Å². The lowest BCUT2D eigenvalue weighted by Crippen LogP contribution is -2.70. The Kier molecular flexibility index (Phi) is 5.98. The molecule has 0 N–H and O–H groups in total. The van der Waals surface area contributed by atoms with Gasteiger partial charge in [-0.05, 0) is 62.1 Å². The van der Waals surface area contributed by atoms with E-state index in [-0.39, 0.29) is 36.0 Å². The largest absolute Gasteiger partial charge is 0.462 e. The molecule has 1 aliphatic carbocycles. The minimum atomic E-state index is -4.52. The van der Waals surface area contributed by atoms with Crippen molar-refractivity contribution in [2.24, 2.45) is 23.7 Å². The zero-order valence-electron chi connectivity index (χ0n) is 19.6. The first-order valence-electron chi connectivity index (χ1n) is 12.1.